The number of aliphatic hydroxyl groups is 1. The number of carbonyl (C=O) groups excluding carboxylic acids is 2. The van der Waals surface area contributed by atoms with Crippen LogP contribution in [0, 0.1) is 13.8 Å². The van der Waals surface area contributed by atoms with Crippen LogP contribution in [0.1, 0.15) is 30.7 Å². The van der Waals surface area contributed by atoms with Gasteiger partial charge in [-0.05, 0) is 38.8 Å². The number of hydrogen-bond acceptors (Lipinski definition) is 6. The van der Waals surface area contributed by atoms with E-state index in [0.717, 1.165) is 5.69 Å². The van der Waals surface area contributed by atoms with Crippen molar-refractivity contribution in [3.05, 3.63) is 41.8 Å². The summed E-state index contributed by atoms with van der Waals surface area (Å²) >= 11 is 0. The van der Waals surface area contributed by atoms with Gasteiger partial charge >= 0.3 is 6.03 Å². The number of para-hydroxylation sites is 1. The lowest BCUT2D eigenvalue weighted by atomic mass is 9.97. The normalized spacial score (nSPS) is 21.4. The monoisotopic (exact) mass is 402 g/mol. The largest absolute Gasteiger partial charge is 0.394 e. The number of nitrogens with zero attached hydrogens (tertiary/aromatic N) is 1. The molecule has 1 aliphatic heterocycles. The molecule has 156 valence electrons. The quantitative estimate of drug-likeness (QED) is 0.588. The fourth-order valence-electron chi connectivity index (χ4n) is 3.37. The van der Waals surface area contributed by atoms with Gasteiger partial charge in [0, 0.05) is 5.69 Å². The molecule has 2 aromatic rings. The molecule has 1 aromatic carbocycles. The predicted molar refractivity (Wildman–Crippen MR) is 107 cm³/mol. The van der Waals surface area contributed by atoms with E-state index >= 15 is 0 Å². The van der Waals surface area contributed by atoms with Crippen molar-refractivity contribution in [1.82, 2.24) is 10.5 Å². The van der Waals surface area contributed by atoms with Gasteiger partial charge in [0.25, 0.3) is 0 Å². The van der Waals surface area contributed by atoms with E-state index in [1.54, 1.807) is 13.8 Å². The minimum Gasteiger partial charge on any atom is -0.394 e. The van der Waals surface area contributed by atoms with Gasteiger partial charge in [0.15, 0.2) is 5.76 Å². The summed E-state index contributed by atoms with van der Waals surface area (Å²) in [6, 6.07) is 8.40. The van der Waals surface area contributed by atoms with Crippen LogP contribution in [0.25, 0.3) is 0 Å². The van der Waals surface area contributed by atoms with Gasteiger partial charge in [0.2, 0.25) is 5.91 Å². The van der Waals surface area contributed by atoms with Crippen LogP contribution in [0.3, 0.4) is 0 Å². The zero-order chi connectivity index (χ0) is 20.8. The van der Waals surface area contributed by atoms with Crippen LogP contribution in [0.5, 0.6) is 0 Å². The van der Waals surface area contributed by atoms with Crippen LogP contribution in [0.15, 0.2) is 34.9 Å². The highest BCUT2D eigenvalue weighted by molar-refractivity contribution is 5.91. The van der Waals surface area contributed by atoms with Gasteiger partial charge in [-0.15, -0.1) is 0 Å². The lowest BCUT2D eigenvalue weighted by Gasteiger charge is -2.35. The van der Waals surface area contributed by atoms with Crippen molar-refractivity contribution in [3.63, 3.8) is 0 Å². The van der Waals surface area contributed by atoms with Crippen molar-refractivity contribution >= 4 is 23.3 Å². The minimum absolute atomic E-state index is 0.152. The number of anilines is 2. The average Bonchev–Trinajstić information content (AvgIpc) is 3.01. The molecule has 3 amide bonds. The second kappa shape index (κ2) is 9.53. The maximum Gasteiger partial charge on any atom is 0.319 e. The van der Waals surface area contributed by atoms with Crippen molar-refractivity contribution in [2.75, 3.05) is 17.2 Å². The smallest absolute Gasteiger partial charge is 0.319 e. The van der Waals surface area contributed by atoms with Crippen molar-refractivity contribution in [2.24, 2.45) is 0 Å². The van der Waals surface area contributed by atoms with E-state index in [-0.39, 0.29) is 31.1 Å². The molecule has 0 unspecified atom stereocenters. The summed E-state index contributed by atoms with van der Waals surface area (Å²) in [4.78, 5) is 24.5. The molecule has 0 spiro atoms. The summed E-state index contributed by atoms with van der Waals surface area (Å²) in [5.74, 6) is 0.362. The molecule has 1 fully saturated rings. The Morgan fingerprint density at radius 1 is 1.17 bits per heavy atom. The number of aryl methyl sites for hydroxylation is 2. The van der Waals surface area contributed by atoms with E-state index in [1.807, 2.05) is 30.3 Å². The lowest BCUT2D eigenvalue weighted by Crippen LogP contribution is -2.52. The van der Waals surface area contributed by atoms with Gasteiger partial charge in [-0.25, -0.2) is 4.79 Å². The fraction of sp³-hybridized carbons (Fsp3) is 0.450. The van der Waals surface area contributed by atoms with Crippen LogP contribution >= 0.6 is 0 Å². The van der Waals surface area contributed by atoms with Gasteiger partial charge in [0.05, 0.1) is 25.2 Å². The first-order valence-corrected chi connectivity index (χ1v) is 9.58. The molecule has 0 bridgehead atoms. The summed E-state index contributed by atoms with van der Waals surface area (Å²) < 4.78 is 10.9. The number of carbonyl (C=O) groups is 2. The number of urea groups is 1. The van der Waals surface area contributed by atoms with Crippen molar-refractivity contribution in [3.8, 4) is 0 Å². The summed E-state index contributed by atoms with van der Waals surface area (Å²) in [6.07, 6.45) is 0.454. The maximum absolute atomic E-state index is 12.3. The van der Waals surface area contributed by atoms with Crippen LogP contribution in [0.2, 0.25) is 0 Å². The average molecular weight is 402 g/mol. The Morgan fingerprint density at radius 3 is 2.59 bits per heavy atom. The third-order valence-corrected chi connectivity index (χ3v) is 4.85. The number of amides is 3. The first-order valence-electron chi connectivity index (χ1n) is 9.58. The van der Waals surface area contributed by atoms with Gasteiger partial charge in [-0.1, -0.05) is 23.4 Å². The number of rotatable bonds is 6. The molecule has 3 atom stereocenters. The topological polar surface area (TPSA) is 126 Å². The Kier molecular flexibility index (Phi) is 6.84. The zero-order valence-corrected chi connectivity index (χ0v) is 16.5. The fourth-order valence-corrected chi connectivity index (χ4v) is 3.37. The van der Waals surface area contributed by atoms with Crippen LogP contribution in [-0.2, 0) is 9.53 Å². The highest BCUT2D eigenvalue weighted by Gasteiger charge is 2.33. The summed E-state index contributed by atoms with van der Waals surface area (Å²) in [5.41, 5.74) is 1.83. The molecule has 9 nitrogen and oxygen atoms in total. The van der Waals surface area contributed by atoms with Gasteiger partial charge < -0.3 is 30.3 Å². The molecule has 0 radical (unpaired) electrons. The molecule has 0 saturated carbocycles. The number of hydrogen-bond donors (Lipinski definition) is 4. The van der Waals surface area contributed by atoms with E-state index in [0.29, 0.717) is 30.0 Å². The Bertz CT molecular complexity index is 819. The Labute approximate surface area is 168 Å². The molecule has 4 N–H and O–H groups in total. The molecule has 1 aromatic heterocycles. The standard InChI is InChI=1S/C20H26N4O5/c1-12-19(13(2)29-24-12)23-20(27)22-16-9-8-15(28-17(16)11-25)10-18(26)21-14-6-4-3-5-7-14/h3-7,15-17,25H,8-11H2,1-2H3,(H,21,26)(H2,22,23,27)/t15-,16-,17-/m1/s1. The Balaban J connectivity index is 1.50. The van der Waals surface area contributed by atoms with Crippen LogP contribution in [0.4, 0.5) is 16.2 Å². The molecule has 29 heavy (non-hydrogen) atoms. The van der Waals surface area contributed by atoms with Gasteiger partial charge in [0.1, 0.15) is 17.5 Å². The van der Waals surface area contributed by atoms with Crippen molar-refractivity contribution in [2.45, 2.75) is 51.4 Å². The molecule has 9 heteroatoms. The SMILES string of the molecule is Cc1noc(C)c1NC(=O)N[C@@H]1CC[C@H](CC(=O)Nc2ccccc2)O[C@@H]1CO. The molecular formula is C20H26N4O5. The number of nitrogens with one attached hydrogen (secondary N) is 3. The Hall–Kier alpha value is -2.91. The number of aromatic nitrogens is 1. The summed E-state index contributed by atoms with van der Waals surface area (Å²) in [5, 5.41) is 21.8. The highest BCUT2D eigenvalue weighted by atomic mass is 16.5. The molecular weight excluding hydrogens is 376 g/mol. The number of aliphatic hydroxyl groups excluding tert-OH is 1. The van der Waals surface area contributed by atoms with Gasteiger partial charge in [-0.2, -0.15) is 0 Å². The first kappa shape index (κ1) is 20.8. The second-order valence-corrected chi connectivity index (χ2v) is 7.08. The third-order valence-electron chi connectivity index (χ3n) is 4.85. The van der Waals surface area contributed by atoms with E-state index in [2.05, 4.69) is 21.1 Å². The third kappa shape index (κ3) is 5.55. The van der Waals surface area contributed by atoms with Crippen LogP contribution < -0.4 is 16.0 Å². The molecule has 3 rings (SSSR count). The van der Waals surface area contributed by atoms with E-state index in [9.17, 15) is 14.7 Å². The second-order valence-electron chi connectivity index (χ2n) is 7.08. The van der Waals surface area contributed by atoms with E-state index < -0.39 is 12.1 Å². The zero-order valence-electron chi connectivity index (χ0n) is 16.5. The summed E-state index contributed by atoms with van der Waals surface area (Å²) in [6.45, 7) is 3.19. The number of ether oxygens (including phenoxy) is 1. The molecule has 2 heterocycles. The lowest BCUT2D eigenvalue weighted by molar-refractivity contribution is -0.126. The van der Waals surface area contributed by atoms with E-state index in [4.69, 9.17) is 9.26 Å². The maximum atomic E-state index is 12.3. The molecule has 0 aliphatic carbocycles. The molecule has 1 aliphatic rings. The van der Waals surface area contributed by atoms with Crippen molar-refractivity contribution in [1.29, 1.82) is 0 Å². The minimum atomic E-state index is -0.589. The first-order chi connectivity index (χ1) is 14.0. The molecule has 1 saturated heterocycles. The Morgan fingerprint density at radius 2 is 1.93 bits per heavy atom. The summed E-state index contributed by atoms with van der Waals surface area (Å²) in [7, 11) is 0. The van der Waals surface area contributed by atoms with Crippen molar-refractivity contribution < 1.29 is 24.0 Å². The van der Waals surface area contributed by atoms with Crippen LogP contribution in [-0.4, -0.2) is 47.1 Å². The predicted octanol–water partition coefficient (Wildman–Crippen LogP) is 2.35. The van der Waals surface area contributed by atoms with Gasteiger partial charge in [-0.3, -0.25) is 4.79 Å². The number of benzene rings is 1. The van der Waals surface area contributed by atoms with E-state index in [1.165, 1.54) is 0 Å². The highest BCUT2D eigenvalue weighted by Crippen LogP contribution is 2.23.